The Balaban J connectivity index is 0.999. The molecule has 18 heteroatoms. The van der Waals surface area contributed by atoms with Gasteiger partial charge in [-0.2, -0.15) is 0 Å². The van der Waals surface area contributed by atoms with E-state index in [0.717, 1.165) is 87.6 Å². The fraction of sp³-hybridized carbons (Fsp3) is 0.557. The summed E-state index contributed by atoms with van der Waals surface area (Å²) in [6.07, 6.45) is 50.3. The van der Waals surface area contributed by atoms with Crippen molar-refractivity contribution >= 4 is 18.0 Å². The lowest BCUT2D eigenvalue weighted by molar-refractivity contribution is -0.144. The van der Waals surface area contributed by atoms with Gasteiger partial charge in [0.2, 0.25) is 5.91 Å². The number of methoxy groups -OCH3 is 1. The van der Waals surface area contributed by atoms with Gasteiger partial charge in [0, 0.05) is 12.5 Å². The number of hydrogen-bond donors (Lipinski definition) is 2. The van der Waals surface area contributed by atoms with Gasteiger partial charge in [-0.3, -0.25) is 4.79 Å². The third kappa shape index (κ3) is 47.5. The smallest absolute Gasteiger partial charge is 0.408 e. The zero-order valence-corrected chi connectivity index (χ0v) is 82.7. The molecule has 0 aliphatic rings. The number of unbranched alkanes of at least 4 members (excludes halogenated alkanes) is 36. The molecule has 0 bridgehead atoms. The second-order valence-corrected chi connectivity index (χ2v) is 36.9. The molecule has 18 nitrogen and oxygen atoms in total. The first kappa shape index (κ1) is 108. The number of alkyl carbamates (subject to hydrolysis) is 1. The second-order valence-electron chi connectivity index (χ2n) is 36.9. The van der Waals surface area contributed by atoms with Crippen LogP contribution in [0.15, 0.2) is 176 Å². The summed E-state index contributed by atoms with van der Waals surface area (Å²) in [6.45, 7) is 20.2. The molecule has 0 radical (unpaired) electrons. The summed E-state index contributed by atoms with van der Waals surface area (Å²) < 4.78 is 82.0. The molecular weight excluding hydrogens is 1670 g/mol. The van der Waals surface area contributed by atoms with Gasteiger partial charge in [-0.15, -0.1) is 0 Å². The van der Waals surface area contributed by atoms with E-state index in [2.05, 4.69) is 86.9 Å². The van der Waals surface area contributed by atoms with Crippen molar-refractivity contribution in [2.75, 3.05) is 33.5 Å². The van der Waals surface area contributed by atoms with Crippen LogP contribution in [0.4, 0.5) is 4.79 Å². The van der Waals surface area contributed by atoms with Crippen LogP contribution >= 0.6 is 0 Å². The van der Waals surface area contributed by atoms with Crippen LogP contribution in [-0.2, 0) is 71.7 Å². The maximum atomic E-state index is 13.7. The van der Waals surface area contributed by atoms with Crippen molar-refractivity contribution in [3.05, 3.63) is 220 Å². The number of carbonyl (C=O) groups is 3. The Labute approximate surface area is 799 Å². The van der Waals surface area contributed by atoms with Crippen molar-refractivity contribution in [1.29, 1.82) is 0 Å². The number of carbonyl (C=O) groups excluding carboxylic acids is 3. The number of nitrogens with one attached hydrogen (secondary N) is 2. The zero-order valence-electron chi connectivity index (χ0n) is 82.7. The molecule has 8 rings (SSSR count). The van der Waals surface area contributed by atoms with Crippen molar-refractivity contribution in [3.63, 3.8) is 0 Å². The lowest BCUT2D eigenvalue weighted by Crippen LogP contribution is -2.52. The van der Waals surface area contributed by atoms with Crippen molar-refractivity contribution in [2.45, 2.75) is 383 Å². The minimum atomic E-state index is -1.09. The van der Waals surface area contributed by atoms with Crippen LogP contribution in [0.1, 0.15) is 357 Å². The summed E-state index contributed by atoms with van der Waals surface area (Å²) in [5.74, 6) is 6.07. The summed E-state index contributed by atoms with van der Waals surface area (Å²) in [4.78, 5) is 39.2. The number of hydrogen-bond acceptors (Lipinski definition) is 16. The highest BCUT2D eigenvalue weighted by atomic mass is 16.6. The van der Waals surface area contributed by atoms with Crippen molar-refractivity contribution in [3.8, 4) is 63.2 Å². The first-order chi connectivity index (χ1) is 65.0. The minimum Gasteiger partial charge on any atom is -0.494 e. The Morgan fingerprint density at radius 3 is 0.820 bits per heavy atom. The van der Waals surface area contributed by atoms with E-state index in [1.165, 1.54) is 245 Å². The fourth-order valence-corrected chi connectivity index (χ4v) is 15.8. The first-order valence-corrected chi connectivity index (χ1v) is 51.2. The summed E-state index contributed by atoms with van der Waals surface area (Å²) >= 11 is 0. The van der Waals surface area contributed by atoms with Crippen LogP contribution in [0, 0.1) is 0 Å². The van der Waals surface area contributed by atoms with Gasteiger partial charge in [-0.25, -0.2) is 9.59 Å². The third-order valence-electron chi connectivity index (χ3n) is 23.8. The third-order valence-corrected chi connectivity index (χ3v) is 23.8. The molecule has 133 heavy (non-hydrogen) atoms. The molecule has 2 unspecified atom stereocenters. The topological polar surface area (TPSA) is 195 Å². The van der Waals surface area contributed by atoms with E-state index in [0.29, 0.717) is 85.5 Å². The molecular formula is C115H164N2O16. The minimum absolute atomic E-state index is 0.0762. The van der Waals surface area contributed by atoms with Gasteiger partial charge < -0.3 is 72.2 Å². The van der Waals surface area contributed by atoms with Gasteiger partial charge in [-0.1, -0.05) is 332 Å². The maximum absolute atomic E-state index is 13.7. The normalized spacial score (nSPS) is 11.7. The number of benzene rings is 8. The van der Waals surface area contributed by atoms with E-state index in [-0.39, 0.29) is 39.5 Å². The Hall–Kier alpha value is -10.2. The predicted octanol–water partition coefficient (Wildman–Crippen LogP) is 30.1. The molecule has 8 aromatic carbocycles. The molecule has 0 fully saturated rings. The van der Waals surface area contributed by atoms with Crippen LogP contribution in [0.2, 0.25) is 0 Å². The maximum Gasteiger partial charge on any atom is 0.408 e. The van der Waals surface area contributed by atoms with Crippen LogP contribution in [-0.4, -0.2) is 69.2 Å². The van der Waals surface area contributed by atoms with Gasteiger partial charge in [0.05, 0.1) is 33.5 Å². The number of amides is 2. The van der Waals surface area contributed by atoms with E-state index in [4.69, 9.17) is 61.6 Å². The fourth-order valence-electron chi connectivity index (χ4n) is 15.8. The van der Waals surface area contributed by atoms with E-state index >= 15 is 0 Å². The molecule has 8 aromatic rings. The molecule has 0 aliphatic carbocycles. The molecule has 0 saturated carbocycles. The van der Waals surface area contributed by atoms with E-state index in [9.17, 15) is 14.4 Å². The van der Waals surface area contributed by atoms with Crippen LogP contribution in [0.25, 0.3) is 0 Å². The summed E-state index contributed by atoms with van der Waals surface area (Å²) in [5, 5.41) is 5.35. The highest BCUT2D eigenvalue weighted by Gasteiger charge is 2.28. The number of ether oxygens (including phenoxy) is 13. The van der Waals surface area contributed by atoms with Gasteiger partial charge in [-0.05, 0) is 195 Å². The van der Waals surface area contributed by atoms with Crippen molar-refractivity contribution in [2.24, 2.45) is 0 Å². The summed E-state index contributed by atoms with van der Waals surface area (Å²) in [5.41, 5.74) is 6.27. The quantitative estimate of drug-likeness (QED) is 0.0270. The summed E-state index contributed by atoms with van der Waals surface area (Å²) in [7, 11) is 1.25. The average molecular weight is 1830 g/mol. The molecule has 0 aromatic heterocycles. The van der Waals surface area contributed by atoms with Crippen molar-refractivity contribution in [1.82, 2.24) is 10.6 Å². The monoisotopic (exact) mass is 1830 g/mol. The molecule has 730 valence electrons. The molecule has 0 saturated heterocycles. The lowest BCUT2D eigenvalue weighted by atomic mass is 10.0. The van der Waals surface area contributed by atoms with E-state index in [1.54, 1.807) is 32.9 Å². The predicted molar refractivity (Wildman–Crippen MR) is 538 cm³/mol. The first-order valence-electron chi connectivity index (χ1n) is 51.2. The van der Waals surface area contributed by atoms with Gasteiger partial charge in [0.25, 0.3) is 0 Å². The molecule has 2 amide bonds. The van der Waals surface area contributed by atoms with Crippen LogP contribution < -0.4 is 62.7 Å². The largest absolute Gasteiger partial charge is 0.494 e. The van der Waals surface area contributed by atoms with Gasteiger partial charge >= 0.3 is 12.1 Å². The molecule has 0 spiro atoms. The highest BCUT2D eigenvalue weighted by Crippen LogP contribution is 2.36. The van der Waals surface area contributed by atoms with Crippen LogP contribution in [0.5, 0.6) is 63.2 Å². The summed E-state index contributed by atoms with van der Waals surface area (Å²) in [6, 6.07) is 55.4. The van der Waals surface area contributed by atoms with E-state index in [1.807, 2.05) is 115 Å². The Bertz CT molecular complexity index is 4180. The standard InChI is InChI=1S/C115H164N2O16/c1-10-14-18-22-26-30-34-38-42-46-74-122-100-64-52-93(53-65-100)84-129-108-72-60-97(81-110(108)131-86-95-56-68-102(69-57-95)124-76-48-44-40-36-32-28-24-20-16-12-3)88-127-105-78-99(90-126-104-62-50-92(51-63-104)80-107(117-114(120)133-115(6,7)8)112(118)116-91(5)113(119)121-9)79-106(83-105)128-89-98-61-73-109(130-85-94-54-66-101(67-55-94)123-75-47-43-39-35-31-27-23-19-15-11-2)111(82-98)132-87-96-58-70-103(71-59-96)125-77-49-45-41-37-33-29-25-21-17-13-4/h50-73,78-79,81-83,91,107H,10-49,74-77,80,84-90H2,1-9H3,(H,116,118)(H,117,120). The Morgan fingerprint density at radius 2 is 0.519 bits per heavy atom. The van der Waals surface area contributed by atoms with E-state index < -0.39 is 35.7 Å². The van der Waals surface area contributed by atoms with Gasteiger partial charge in [0.1, 0.15) is 104 Å². The lowest BCUT2D eigenvalue weighted by Gasteiger charge is -2.24. The SMILES string of the molecule is CCCCCCCCCCCCOc1ccc(COc2ccc(COc3cc(COc4ccc(CC(NC(=O)OC(C)(C)C)C(=O)NC(C)C(=O)OC)cc4)cc(OCc4ccc(OCc5ccc(OCCCCCCCCCCCC)cc5)c(OCc5ccc(OCCCCCCCCCCCC)cc5)c4)c3)cc2OCc2ccc(OCCCCCCCCCCCC)cc2)cc1. The zero-order chi connectivity index (χ0) is 94.2. The average Bonchev–Trinajstić information content (AvgIpc) is 0.836. The molecule has 0 heterocycles. The van der Waals surface area contributed by atoms with Crippen molar-refractivity contribution < 1.29 is 76.0 Å². The Morgan fingerprint density at radius 1 is 0.263 bits per heavy atom. The Kier molecular flexibility index (Phi) is 53.8. The second kappa shape index (κ2) is 66.2. The van der Waals surface area contributed by atoms with Gasteiger partial charge in [0.15, 0.2) is 23.0 Å². The highest BCUT2D eigenvalue weighted by molar-refractivity contribution is 5.89. The molecule has 2 N–H and O–H groups in total. The number of rotatable bonds is 75. The van der Waals surface area contributed by atoms with Crippen LogP contribution in [0.3, 0.4) is 0 Å². The molecule has 0 aliphatic heterocycles. The molecule has 2 atom stereocenters. The number of esters is 1.